The highest BCUT2D eigenvalue weighted by Gasteiger charge is 2.24. The molecule has 6 nitrogen and oxygen atoms in total. The molecule has 1 aliphatic carbocycles. The molecule has 0 aliphatic heterocycles. The average molecular weight is 640 g/mol. The van der Waals surface area contributed by atoms with Crippen LogP contribution in [-0.2, 0) is 19.1 Å². The van der Waals surface area contributed by atoms with E-state index in [0.717, 1.165) is 90.3 Å². The number of carbonyl (C=O) groups is 2. The molecule has 1 fully saturated rings. The summed E-state index contributed by atoms with van der Waals surface area (Å²) in [5.41, 5.74) is 0. The third-order valence-electron chi connectivity index (χ3n) is 9.29. The number of aliphatic hydroxyl groups is 1. The molecule has 1 saturated carbocycles. The monoisotopic (exact) mass is 640 g/mol. The lowest BCUT2D eigenvalue weighted by atomic mass is 9.92. The largest absolute Gasteiger partial charge is 0.466 e. The van der Waals surface area contributed by atoms with Crippen LogP contribution in [0.25, 0.3) is 0 Å². The summed E-state index contributed by atoms with van der Waals surface area (Å²) >= 11 is 0. The van der Waals surface area contributed by atoms with Crippen LogP contribution in [0.3, 0.4) is 0 Å². The van der Waals surface area contributed by atoms with Gasteiger partial charge in [0.1, 0.15) is 6.10 Å². The Kier molecular flexibility index (Phi) is 32.0. The summed E-state index contributed by atoms with van der Waals surface area (Å²) in [5.74, 6) is 1.37. The van der Waals surface area contributed by atoms with Crippen LogP contribution >= 0.6 is 0 Å². The van der Waals surface area contributed by atoms with Crippen LogP contribution in [0.5, 0.6) is 0 Å². The maximum atomic E-state index is 12.2. The Hall–Kier alpha value is -1.14. The van der Waals surface area contributed by atoms with E-state index in [1.165, 1.54) is 70.6 Å². The fourth-order valence-corrected chi connectivity index (χ4v) is 6.46. The molecule has 1 aliphatic rings. The lowest BCUT2D eigenvalue weighted by Gasteiger charge is -2.21. The van der Waals surface area contributed by atoms with Crippen molar-refractivity contribution in [2.45, 2.75) is 195 Å². The highest BCUT2D eigenvalue weighted by molar-refractivity contribution is 5.69. The van der Waals surface area contributed by atoms with Crippen LogP contribution in [0, 0.1) is 11.8 Å². The van der Waals surface area contributed by atoms with Gasteiger partial charge in [0.2, 0.25) is 0 Å². The van der Waals surface area contributed by atoms with Crippen molar-refractivity contribution in [2.24, 2.45) is 11.8 Å². The van der Waals surface area contributed by atoms with E-state index in [0.29, 0.717) is 31.3 Å². The average Bonchev–Trinajstić information content (AvgIpc) is 3.44. The van der Waals surface area contributed by atoms with Gasteiger partial charge in [-0.2, -0.15) is 0 Å². The quantitative estimate of drug-likeness (QED) is 0.0622. The lowest BCUT2D eigenvalue weighted by Crippen LogP contribution is -2.29. The predicted molar refractivity (Wildman–Crippen MR) is 191 cm³/mol. The number of hydrogen-bond donors (Lipinski definition) is 1. The number of rotatable bonds is 30. The number of ether oxygens (including phenoxy) is 2. The molecule has 0 radical (unpaired) electrons. The number of unbranched alkanes of at least 4 members (excludes halogenated alkanes) is 12. The van der Waals surface area contributed by atoms with Crippen LogP contribution in [0.2, 0.25) is 0 Å². The van der Waals surface area contributed by atoms with Crippen LogP contribution in [0.15, 0.2) is 0 Å². The molecule has 2 unspecified atom stereocenters. The van der Waals surface area contributed by atoms with Gasteiger partial charge in [-0.05, 0) is 76.3 Å². The number of hydrogen-bond acceptors (Lipinski definition) is 6. The Bertz CT molecular complexity index is 647. The summed E-state index contributed by atoms with van der Waals surface area (Å²) in [7, 11) is 0. The maximum absolute atomic E-state index is 12.2. The van der Waals surface area contributed by atoms with Crippen molar-refractivity contribution in [3.63, 3.8) is 0 Å². The van der Waals surface area contributed by atoms with Crippen molar-refractivity contribution in [1.29, 1.82) is 0 Å². The van der Waals surface area contributed by atoms with E-state index in [2.05, 4.69) is 25.7 Å². The number of carbonyl (C=O) groups excluding carboxylic acids is 2. The molecule has 1 rings (SSSR count). The van der Waals surface area contributed by atoms with E-state index in [4.69, 9.17) is 9.47 Å². The fraction of sp³-hybridized carbons (Fsp3) is 0.949. The minimum absolute atomic E-state index is 0.0113. The van der Waals surface area contributed by atoms with Gasteiger partial charge in [0.25, 0.3) is 0 Å². The summed E-state index contributed by atoms with van der Waals surface area (Å²) in [4.78, 5) is 26.6. The molecule has 0 spiro atoms. The second-order valence-electron chi connectivity index (χ2n) is 13.5. The Morgan fingerprint density at radius 1 is 0.689 bits per heavy atom. The summed E-state index contributed by atoms with van der Waals surface area (Å²) in [5, 5.41) is 9.46. The first-order valence-corrected chi connectivity index (χ1v) is 19.7. The third kappa shape index (κ3) is 27.7. The summed E-state index contributed by atoms with van der Waals surface area (Å²) < 4.78 is 11.2. The predicted octanol–water partition coefficient (Wildman–Crippen LogP) is 10.4. The van der Waals surface area contributed by atoms with Gasteiger partial charge in [-0.1, -0.05) is 125 Å². The van der Waals surface area contributed by atoms with Crippen molar-refractivity contribution in [3.8, 4) is 0 Å². The van der Waals surface area contributed by atoms with E-state index >= 15 is 0 Å². The van der Waals surface area contributed by atoms with E-state index < -0.39 is 0 Å². The van der Waals surface area contributed by atoms with Gasteiger partial charge in [0, 0.05) is 19.4 Å². The van der Waals surface area contributed by atoms with Gasteiger partial charge in [-0.15, -0.1) is 0 Å². The smallest absolute Gasteiger partial charge is 0.306 e. The van der Waals surface area contributed by atoms with Crippen LogP contribution in [0.4, 0.5) is 0 Å². The fourth-order valence-electron chi connectivity index (χ4n) is 6.46. The topological polar surface area (TPSA) is 76.1 Å². The Morgan fingerprint density at radius 3 is 1.73 bits per heavy atom. The molecule has 0 aromatic heterocycles. The number of nitrogens with zero attached hydrogens (tertiary/aromatic N) is 1. The second-order valence-corrected chi connectivity index (χ2v) is 13.5. The van der Waals surface area contributed by atoms with Crippen LogP contribution in [0.1, 0.15) is 189 Å². The van der Waals surface area contributed by atoms with Gasteiger partial charge in [-0.3, -0.25) is 9.59 Å². The molecule has 0 saturated heterocycles. The number of esters is 2. The van der Waals surface area contributed by atoms with Gasteiger partial charge >= 0.3 is 11.9 Å². The molecule has 0 heterocycles. The maximum Gasteiger partial charge on any atom is 0.306 e. The summed E-state index contributed by atoms with van der Waals surface area (Å²) in [6.45, 7) is 14.4. The standard InChI is InChI=1S/C37H71NO5.C2H6/c1-4-6-14-20-34(21-15-7-5-2)26-31-42-36(40)22-16-10-8-12-18-27-38(29-30-39)28-19-13-9-11-17-23-37(41)43-35-25-24-33(3)32-35;1-2/h33-35,39H,4-32H2,1-3H3;1-2H3. The molecule has 1 N–H and O–H groups in total. The zero-order valence-electron chi connectivity index (χ0n) is 30.8. The Morgan fingerprint density at radius 2 is 1.22 bits per heavy atom. The van der Waals surface area contributed by atoms with E-state index in [1.54, 1.807) is 0 Å². The van der Waals surface area contributed by atoms with Gasteiger partial charge < -0.3 is 19.5 Å². The first-order valence-electron chi connectivity index (χ1n) is 19.7. The minimum atomic E-state index is -0.0198. The molecule has 0 aromatic rings. The van der Waals surface area contributed by atoms with E-state index in [9.17, 15) is 14.7 Å². The normalized spacial score (nSPS) is 16.2. The van der Waals surface area contributed by atoms with E-state index in [1.807, 2.05) is 13.8 Å². The first kappa shape index (κ1) is 43.9. The SMILES string of the molecule is CC.CCCCCC(CCCCC)CCOC(=O)CCCCCCCN(CCO)CCCCCCCC(=O)OC1CCC(C)C1. The highest BCUT2D eigenvalue weighted by atomic mass is 16.5. The molecule has 0 amide bonds. The van der Waals surface area contributed by atoms with Crippen LogP contribution in [-0.4, -0.2) is 60.9 Å². The van der Waals surface area contributed by atoms with Gasteiger partial charge in [0.15, 0.2) is 0 Å². The zero-order valence-corrected chi connectivity index (χ0v) is 30.8. The summed E-state index contributed by atoms with van der Waals surface area (Å²) in [6.07, 6.45) is 26.8. The van der Waals surface area contributed by atoms with Crippen LogP contribution < -0.4 is 0 Å². The van der Waals surface area contributed by atoms with Crippen molar-refractivity contribution in [1.82, 2.24) is 4.90 Å². The van der Waals surface area contributed by atoms with Crippen molar-refractivity contribution in [2.75, 3.05) is 32.8 Å². The van der Waals surface area contributed by atoms with Crippen molar-refractivity contribution in [3.05, 3.63) is 0 Å². The molecule has 45 heavy (non-hydrogen) atoms. The number of aliphatic hydroxyl groups excluding tert-OH is 1. The van der Waals surface area contributed by atoms with Crippen molar-refractivity contribution >= 4 is 11.9 Å². The Balaban J connectivity index is 0.00000947. The molecular formula is C39H77NO5. The first-order chi connectivity index (χ1) is 22.0. The molecule has 0 bridgehead atoms. The van der Waals surface area contributed by atoms with Crippen molar-refractivity contribution < 1.29 is 24.2 Å². The Labute approximate surface area is 280 Å². The molecular weight excluding hydrogens is 562 g/mol. The molecule has 2 atom stereocenters. The summed E-state index contributed by atoms with van der Waals surface area (Å²) in [6, 6.07) is 0. The molecule has 268 valence electrons. The van der Waals surface area contributed by atoms with E-state index in [-0.39, 0.29) is 24.6 Å². The third-order valence-corrected chi connectivity index (χ3v) is 9.29. The molecule has 0 aromatic carbocycles. The lowest BCUT2D eigenvalue weighted by molar-refractivity contribution is -0.149. The zero-order chi connectivity index (χ0) is 33.4. The van der Waals surface area contributed by atoms with Gasteiger partial charge in [-0.25, -0.2) is 0 Å². The molecule has 6 heteroatoms. The minimum Gasteiger partial charge on any atom is -0.466 e. The van der Waals surface area contributed by atoms with Gasteiger partial charge in [0.05, 0.1) is 13.2 Å². The second kappa shape index (κ2) is 32.8. The highest BCUT2D eigenvalue weighted by Crippen LogP contribution is 2.27.